The van der Waals surface area contributed by atoms with Gasteiger partial charge in [0.15, 0.2) is 0 Å². The van der Waals surface area contributed by atoms with Gasteiger partial charge < -0.3 is 10.6 Å². The summed E-state index contributed by atoms with van der Waals surface area (Å²) in [7, 11) is 0. The van der Waals surface area contributed by atoms with Crippen molar-refractivity contribution < 1.29 is 4.79 Å². The van der Waals surface area contributed by atoms with Gasteiger partial charge in [-0.2, -0.15) is 0 Å². The van der Waals surface area contributed by atoms with E-state index in [9.17, 15) is 4.79 Å². The molecule has 5 heteroatoms. The van der Waals surface area contributed by atoms with Gasteiger partial charge in [0.2, 0.25) is 0 Å². The number of rotatable bonds is 4. The molecular weight excluding hydrogens is 252 g/mol. The van der Waals surface area contributed by atoms with Crippen molar-refractivity contribution in [2.75, 3.05) is 39.3 Å². The van der Waals surface area contributed by atoms with Crippen LogP contribution in [0.2, 0.25) is 0 Å². The van der Waals surface area contributed by atoms with Crippen LogP contribution in [-0.2, 0) is 0 Å². The van der Waals surface area contributed by atoms with Crippen molar-refractivity contribution >= 4 is 5.91 Å². The highest BCUT2D eigenvalue weighted by molar-refractivity contribution is 5.95. The lowest BCUT2D eigenvalue weighted by Gasteiger charge is -2.36. The number of aryl methyl sites for hydroxylation is 1. The normalized spacial score (nSPS) is 18.1. The molecule has 1 aliphatic rings. The van der Waals surface area contributed by atoms with Crippen LogP contribution in [0.15, 0.2) is 18.3 Å². The molecule has 1 fully saturated rings. The first-order valence-corrected chi connectivity index (χ1v) is 7.25. The van der Waals surface area contributed by atoms with Gasteiger partial charge in [0.1, 0.15) is 0 Å². The second-order valence-corrected chi connectivity index (χ2v) is 5.57. The summed E-state index contributed by atoms with van der Waals surface area (Å²) < 4.78 is 0. The summed E-state index contributed by atoms with van der Waals surface area (Å²) in [5, 5.41) is 0. The smallest absolute Gasteiger partial charge is 0.255 e. The fourth-order valence-corrected chi connectivity index (χ4v) is 2.53. The second kappa shape index (κ2) is 6.81. The van der Waals surface area contributed by atoms with E-state index in [1.807, 2.05) is 24.0 Å². The Kier molecular flexibility index (Phi) is 5.09. The van der Waals surface area contributed by atoms with Crippen LogP contribution in [0.3, 0.4) is 0 Å². The molecule has 20 heavy (non-hydrogen) atoms. The van der Waals surface area contributed by atoms with Crippen LogP contribution in [0.1, 0.15) is 23.0 Å². The molecule has 110 valence electrons. The van der Waals surface area contributed by atoms with Gasteiger partial charge in [-0.3, -0.25) is 14.7 Å². The number of nitrogens with zero attached hydrogens (tertiary/aromatic N) is 3. The molecule has 0 aliphatic carbocycles. The lowest BCUT2D eigenvalue weighted by atomic mass is 10.1. The van der Waals surface area contributed by atoms with Crippen molar-refractivity contribution in [3.63, 3.8) is 0 Å². The van der Waals surface area contributed by atoms with Gasteiger partial charge in [-0.15, -0.1) is 0 Å². The maximum absolute atomic E-state index is 12.5. The Labute approximate surface area is 120 Å². The van der Waals surface area contributed by atoms with E-state index in [2.05, 4.69) is 16.8 Å². The van der Waals surface area contributed by atoms with Crippen LogP contribution >= 0.6 is 0 Å². The van der Waals surface area contributed by atoms with Crippen LogP contribution in [0.25, 0.3) is 0 Å². The number of nitrogens with two attached hydrogens (primary N) is 1. The van der Waals surface area contributed by atoms with E-state index >= 15 is 0 Å². The molecule has 2 heterocycles. The zero-order chi connectivity index (χ0) is 14.5. The first kappa shape index (κ1) is 14.9. The number of amides is 1. The molecule has 1 unspecified atom stereocenters. The van der Waals surface area contributed by atoms with E-state index in [0.29, 0.717) is 12.5 Å². The van der Waals surface area contributed by atoms with Crippen LogP contribution in [0, 0.1) is 12.8 Å². The minimum absolute atomic E-state index is 0.0992. The summed E-state index contributed by atoms with van der Waals surface area (Å²) in [6.45, 7) is 9.20. The first-order valence-electron chi connectivity index (χ1n) is 7.25. The van der Waals surface area contributed by atoms with Crippen molar-refractivity contribution in [3.05, 3.63) is 29.6 Å². The van der Waals surface area contributed by atoms with E-state index in [1.165, 1.54) is 0 Å². The van der Waals surface area contributed by atoms with Crippen LogP contribution in [0.5, 0.6) is 0 Å². The molecule has 1 atom stereocenters. The Morgan fingerprint density at radius 3 is 2.70 bits per heavy atom. The summed E-state index contributed by atoms with van der Waals surface area (Å²) in [5.41, 5.74) is 7.18. The summed E-state index contributed by atoms with van der Waals surface area (Å²) in [6, 6.07) is 3.67. The quantitative estimate of drug-likeness (QED) is 0.881. The Morgan fingerprint density at radius 1 is 1.40 bits per heavy atom. The van der Waals surface area contributed by atoms with Crippen molar-refractivity contribution in [3.8, 4) is 0 Å². The zero-order valence-corrected chi connectivity index (χ0v) is 12.4. The molecule has 0 saturated carbocycles. The largest absolute Gasteiger partial charge is 0.336 e. The molecule has 1 aromatic rings. The van der Waals surface area contributed by atoms with Crippen molar-refractivity contribution in [1.29, 1.82) is 0 Å². The van der Waals surface area contributed by atoms with E-state index in [0.717, 1.165) is 44.0 Å². The number of carbonyl (C=O) groups is 1. The predicted octanol–water partition coefficient (Wildman–Crippen LogP) is 0.743. The van der Waals surface area contributed by atoms with Crippen molar-refractivity contribution in [2.24, 2.45) is 11.7 Å². The molecule has 2 N–H and O–H groups in total. The molecule has 0 spiro atoms. The summed E-state index contributed by atoms with van der Waals surface area (Å²) in [6.07, 6.45) is 1.72. The Hall–Kier alpha value is -1.46. The molecule has 1 aromatic heterocycles. The summed E-state index contributed by atoms with van der Waals surface area (Å²) in [4.78, 5) is 21.0. The van der Waals surface area contributed by atoms with E-state index in [1.54, 1.807) is 6.20 Å². The number of carbonyl (C=O) groups excluding carboxylic acids is 1. The molecule has 0 radical (unpaired) electrons. The van der Waals surface area contributed by atoms with Gasteiger partial charge in [-0.1, -0.05) is 6.92 Å². The lowest BCUT2D eigenvalue weighted by molar-refractivity contribution is 0.0620. The van der Waals surface area contributed by atoms with E-state index in [-0.39, 0.29) is 5.91 Å². The van der Waals surface area contributed by atoms with Gasteiger partial charge in [0.25, 0.3) is 5.91 Å². The molecule has 0 aromatic carbocycles. The number of hydrogen-bond donors (Lipinski definition) is 1. The number of hydrogen-bond acceptors (Lipinski definition) is 4. The second-order valence-electron chi connectivity index (χ2n) is 5.57. The van der Waals surface area contributed by atoms with E-state index < -0.39 is 0 Å². The fraction of sp³-hybridized carbons (Fsp3) is 0.600. The standard InChI is InChI=1S/C15H24N4O/c1-12(10-16)11-18-6-8-19(9-7-18)15(20)14-4-3-5-17-13(14)2/h3-5,12H,6-11,16H2,1-2H3. The van der Waals surface area contributed by atoms with Crippen LogP contribution < -0.4 is 5.73 Å². The average Bonchev–Trinajstić information content (AvgIpc) is 2.47. The average molecular weight is 276 g/mol. The Bertz CT molecular complexity index is 455. The van der Waals surface area contributed by atoms with E-state index in [4.69, 9.17) is 5.73 Å². The topological polar surface area (TPSA) is 62.5 Å². The zero-order valence-electron chi connectivity index (χ0n) is 12.4. The molecule has 2 rings (SSSR count). The molecule has 1 amide bonds. The maximum atomic E-state index is 12.5. The SMILES string of the molecule is Cc1ncccc1C(=O)N1CCN(CC(C)CN)CC1. The number of pyridine rings is 1. The highest BCUT2D eigenvalue weighted by Gasteiger charge is 2.23. The van der Waals surface area contributed by atoms with Gasteiger partial charge in [0.05, 0.1) is 5.56 Å². The minimum Gasteiger partial charge on any atom is -0.336 e. The van der Waals surface area contributed by atoms with Gasteiger partial charge in [0, 0.05) is 44.6 Å². The first-order chi connectivity index (χ1) is 9.61. The van der Waals surface area contributed by atoms with Crippen LogP contribution in [0.4, 0.5) is 0 Å². The number of aromatic nitrogens is 1. The van der Waals surface area contributed by atoms with Crippen LogP contribution in [-0.4, -0.2) is 60.0 Å². The number of piperazine rings is 1. The predicted molar refractivity (Wildman–Crippen MR) is 79.5 cm³/mol. The lowest BCUT2D eigenvalue weighted by Crippen LogP contribution is -2.50. The third-order valence-electron chi connectivity index (χ3n) is 3.87. The van der Waals surface area contributed by atoms with Gasteiger partial charge in [-0.05, 0) is 31.5 Å². The highest BCUT2D eigenvalue weighted by atomic mass is 16.2. The highest BCUT2D eigenvalue weighted by Crippen LogP contribution is 2.11. The third-order valence-corrected chi connectivity index (χ3v) is 3.87. The van der Waals surface area contributed by atoms with Crippen molar-refractivity contribution in [1.82, 2.24) is 14.8 Å². The third kappa shape index (κ3) is 3.55. The molecule has 1 saturated heterocycles. The summed E-state index contributed by atoms with van der Waals surface area (Å²) >= 11 is 0. The minimum atomic E-state index is 0.0992. The molecule has 1 aliphatic heterocycles. The molecule has 5 nitrogen and oxygen atoms in total. The van der Waals surface area contributed by atoms with Crippen molar-refractivity contribution in [2.45, 2.75) is 13.8 Å². The Balaban J connectivity index is 1.91. The van der Waals surface area contributed by atoms with Gasteiger partial charge in [-0.25, -0.2) is 0 Å². The maximum Gasteiger partial charge on any atom is 0.255 e. The molecule has 0 bridgehead atoms. The van der Waals surface area contributed by atoms with Gasteiger partial charge >= 0.3 is 0 Å². The monoisotopic (exact) mass is 276 g/mol. The molecular formula is C15H24N4O. The Morgan fingerprint density at radius 2 is 2.10 bits per heavy atom. The summed E-state index contributed by atoms with van der Waals surface area (Å²) in [5.74, 6) is 0.611. The fourth-order valence-electron chi connectivity index (χ4n) is 2.53.